The average molecular weight is 329 g/mol. The predicted molar refractivity (Wildman–Crippen MR) is 75.9 cm³/mol. The maximum atomic E-state index is 10.9. The number of aliphatic hydroxyl groups excluding tert-OH is 1. The van der Waals surface area contributed by atoms with Gasteiger partial charge in [-0.25, -0.2) is 0 Å². The summed E-state index contributed by atoms with van der Waals surface area (Å²) in [5, 5.41) is 20.3. The van der Waals surface area contributed by atoms with Gasteiger partial charge in [-0.05, 0) is 46.4 Å². The van der Waals surface area contributed by atoms with Crippen LogP contribution in [0.1, 0.15) is 18.9 Å². The van der Waals surface area contributed by atoms with Crippen LogP contribution in [0, 0.1) is 16.0 Å². The SMILES string of the molecule is CC1CCN(Cc2ccc(Br)c([N+](=O)[O-])c2)C1CO. The Bertz CT molecular complexity index is 481. The fraction of sp³-hybridized carbons (Fsp3) is 0.538. The molecule has 0 aliphatic carbocycles. The summed E-state index contributed by atoms with van der Waals surface area (Å²) in [7, 11) is 0. The third-order valence-corrected chi connectivity index (χ3v) is 4.45. The fourth-order valence-corrected chi connectivity index (χ4v) is 3.00. The summed E-state index contributed by atoms with van der Waals surface area (Å²) in [6.45, 7) is 3.84. The van der Waals surface area contributed by atoms with E-state index in [9.17, 15) is 15.2 Å². The topological polar surface area (TPSA) is 66.6 Å². The normalized spacial score (nSPS) is 23.7. The van der Waals surface area contributed by atoms with Gasteiger partial charge in [-0.3, -0.25) is 15.0 Å². The molecule has 1 fully saturated rings. The number of hydrogen-bond donors (Lipinski definition) is 1. The quantitative estimate of drug-likeness (QED) is 0.681. The minimum atomic E-state index is -0.385. The van der Waals surface area contributed by atoms with E-state index in [1.807, 2.05) is 6.07 Å². The molecule has 19 heavy (non-hydrogen) atoms. The van der Waals surface area contributed by atoms with Crippen LogP contribution in [0.2, 0.25) is 0 Å². The number of likely N-dealkylation sites (tertiary alicyclic amines) is 1. The fourth-order valence-electron chi connectivity index (χ4n) is 2.61. The second-order valence-electron chi connectivity index (χ2n) is 5.03. The number of hydrogen-bond acceptors (Lipinski definition) is 4. The van der Waals surface area contributed by atoms with Crippen LogP contribution in [0.4, 0.5) is 5.69 Å². The molecule has 0 bridgehead atoms. The Morgan fingerprint density at radius 2 is 2.32 bits per heavy atom. The maximum Gasteiger partial charge on any atom is 0.283 e. The minimum absolute atomic E-state index is 0.0882. The summed E-state index contributed by atoms with van der Waals surface area (Å²) >= 11 is 3.18. The maximum absolute atomic E-state index is 10.9. The molecular formula is C13H17BrN2O3. The third kappa shape index (κ3) is 3.13. The van der Waals surface area contributed by atoms with Crippen LogP contribution >= 0.6 is 15.9 Å². The van der Waals surface area contributed by atoms with Gasteiger partial charge in [-0.1, -0.05) is 13.0 Å². The van der Waals surface area contributed by atoms with Crippen molar-refractivity contribution >= 4 is 21.6 Å². The Morgan fingerprint density at radius 1 is 1.58 bits per heavy atom. The zero-order valence-corrected chi connectivity index (χ0v) is 12.3. The van der Waals surface area contributed by atoms with Gasteiger partial charge in [0.15, 0.2) is 0 Å². The number of aliphatic hydroxyl groups is 1. The summed E-state index contributed by atoms with van der Waals surface area (Å²) in [6, 6.07) is 5.35. The number of nitrogens with zero attached hydrogens (tertiary/aromatic N) is 2. The zero-order chi connectivity index (χ0) is 14.0. The summed E-state index contributed by atoms with van der Waals surface area (Å²) in [4.78, 5) is 12.7. The Hall–Kier alpha value is -0.980. The molecule has 1 heterocycles. The molecular weight excluding hydrogens is 312 g/mol. The van der Waals surface area contributed by atoms with Crippen molar-refractivity contribution in [2.45, 2.75) is 25.9 Å². The van der Waals surface area contributed by atoms with Crippen molar-refractivity contribution < 1.29 is 10.0 Å². The van der Waals surface area contributed by atoms with Gasteiger partial charge in [-0.2, -0.15) is 0 Å². The molecule has 1 aliphatic heterocycles. The summed E-state index contributed by atoms with van der Waals surface area (Å²) < 4.78 is 0.495. The van der Waals surface area contributed by atoms with Crippen LogP contribution in [-0.4, -0.2) is 34.1 Å². The van der Waals surface area contributed by atoms with Crippen molar-refractivity contribution in [2.24, 2.45) is 5.92 Å². The smallest absolute Gasteiger partial charge is 0.283 e. The minimum Gasteiger partial charge on any atom is -0.395 e. The molecule has 1 aromatic rings. The molecule has 2 rings (SSSR count). The second-order valence-corrected chi connectivity index (χ2v) is 5.88. The number of nitro groups is 1. The molecule has 0 amide bonds. The standard InChI is InChI=1S/C13H17BrN2O3/c1-9-4-5-15(13(9)8-17)7-10-2-3-11(14)12(6-10)16(18)19/h2-3,6,9,13,17H,4-5,7-8H2,1H3. The van der Waals surface area contributed by atoms with Crippen molar-refractivity contribution in [2.75, 3.05) is 13.2 Å². The molecule has 104 valence electrons. The lowest BCUT2D eigenvalue weighted by molar-refractivity contribution is -0.385. The highest BCUT2D eigenvalue weighted by atomic mass is 79.9. The lowest BCUT2D eigenvalue weighted by Gasteiger charge is -2.24. The van der Waals surface area contributed by atoms with Crippen LogP contribution in [-0.2, 0) is 6.54 Å². The van der Waals surface area contributed by atoms with Crippen molar-refractivity contribution in [1.82, 2.24) is 4.90 Å². The second kappa shape index (κ2) is 5.98. The van der Waals surface area contributed by atoms with Gasteiger partial charge in [0.1, 0.15) is 0 Å². The lowest BCUT2D eigenvalue weighted by atomic mass is 10.0. The first-order chi connectivity index (χ1) is 9.02. The third-order valence-electron chi connectivity index (χ3n) is 3.78. The van der Waals surface area contributed by atoms with Crippen LogP contribution in [0.25, 0.3) is 0 Å². The van der Waals surface area contributed by atoms with E-state index in [1.54, 1.807) is 12.1 Å². The van der Waals surface area contributed by atoms with E-state index in [4.69, 9.17) is 0 Å². The molecule has 2 atom stereocenters. The van der Waals surface area contributed by atoms with Crippen molar-refractivity contribution in [3.63, 3.8) is 0 Å². The highest BCUT2D eigenvalue weighted by Gasteiger charge is 2.30. The van der Waals surface area contributed by atoms with Crippen molar-refractivity contribution in [3.05, 3.63) is 38.3 Å². The summed E-state index contributed by atoms with van der Waals surface area (Å²) in [5.41, 5.74) is 0.993. The molecule has 6 heteroatoms. The van der Waals surface area contributed by atoms with E-state index in [2.05, 4.69) is 27.8 Å². The monoisotopic (exact) mass is 328 g/mol. The zero-order valence-electron chi connectivity index (χ0n) is 10.8. The van der Waals surface area contributed by atoms with Gasteiger partial charge in [-0.15, -0.1) is 0 Å². The molecule has 0 radical (unpaired) electrons. The Morgan fingerprint density at radius 3 is 2.95 bits per heavy atom. The van der Waals surface area contributed by atoms with Gasteiger partial charge in [0.2, 0.25) is 0 Å². The van der Waals surface area contributed by atoms with E-state index in [0.717, 1.165) is 18.5 Å². The van der Waals surface area contributed by atoms with E-state index < -0.39 is 0 Å². The Kier molecular flexibility index (Phi) is 4.54. The first-order valence-electron chi connectivity index (χ1n) is 6.30. The average Bonchev–Trinajstić information content (AvgIpc) is 2.72. The number of benzene rings is 1. The van der Waals surface area contributed by atoms with E-state index in [-0.39, 0.29) is 23.3 Å². The summed E-state index contributed by atoms with van der Waals surface area (Å²) in [6.07, 6.45) is 1.06. The molecule has 1 N–H and O–H groups in total. The van der Waals surface area contributed by atoms with Crippen molar-refractivity contribution in [1.29, 1.82) is 0 Å². The molecule has 0 spiro atoms. The highest BCUT2D eigenvalue weighted by molar-refractivity contribution is 9.10. The van der Waals surface area contributed by atoms with Crippen LogP contribution in [0.5, 0.6) is 0 Å². The molecule has 0 aromatic heterocycles. The predicted octanol–water partition coefficient (Wildman–Crippen LogP) is 2.56. The van der Waals surface area contributed by atoms with Gasteiger partial charge < -0.3 is 5.11 Å². The van der Waals surface area contributed by atoms with Crippen LogP contribution < -0.4 is 0 Å². The van der Waals surface area contributed by atoms with Gasteiger partial charge in [0.25, 0.3) is 5.69 Å². The highest BCUT2D eigenvalue weighted by Crippen LogP contribution is 2.29. The summed E-state index contributed by atoms with van der Waals surface area (Å²) in [5.74, 6) is 0.468. The largest absolute Gasteiger partial charge is 0.395 e. The van der Waals surface area contributed by atoms with E-state index in [1.165, 1.54) is 0 Å². The number of nitro benzene ring substituents is 1. The van der Waals surface area contributed by atoms with E-state index >= 15 is 0 Å². The van der Waals surface area contributed by atoms with Gasteiger partial charge in [0.05, 0.1) is 16.0 Å². The Balaban J connectivity index is 2.15. The first kappa shape index (κ1) is 14.4. The lowest BCUT2D eigenvalue weighted by Crippen LogP contribution is -2.34. The molecule has 1 aromatic carbocycles. The van der Waals surface area contributed by atoms with Gasteiger partial charge in [0, 0.05) is 18.7 Å². The first-order valence-corrected chi connectivity index (χ1v) is 7.10. The molecule has 2 unspecified atom stereocenters. The molecule has 0 saturated carbocycles. The van der Waals surface area contributed by atoms with Gasteiger partial charge >= 0.3 is 0 Å². The Labute approximate surface area is 120 Å². The van der Waals surface area contributed by atoms with E-state index in [0.29, 0.717) is 16.9 Å². The van der Waals surface area contributed by atoms with Crippen LogP contribution in [0.3, 0.4) is 0 Å². The molecule has 1 aliphatic rings. The van der Waals surface area contributed by atoms with Crippen molar-refractivity contribution in [3.8, 4) is 0 Å². The number of rotatable bonds is 4. The molecule has 1 saturated heterocycles. The van der Waals surface area contributed by atoms with Crippen LogP contribution in [0.15, 0.2) is 22.7 Å². The number of halogens is 1. The molecule has 5 nitrogen and oxygen atoms in total.